The maximum absolute atomic E-state index is 12.5. The number of aromatic nitrogens is 2. The number of hydrogen-bond donors (Lipinski definition) is 1. The van der Waals surface area contributed by atoms with Crippen LogP contribution in [0, 0.1) is 6.92 Å². The quantitative estimate of drug-likeness (QED) is 0.927. The third kappa shape index (κ3) is 3.40. The Hall–Kier alpha value is -2.43. The molecule has 1 aliphatic heterocycles. The molecule has 0 aliphatic carbocycles. The van der Waals surface area contributed by atoms with Crippen LogP contribution in [0.4, 0.5) is 11.6 Å². The summed E-state index contributed by atoms with van der Waals surface area (Å²) in [6.45, 7) is 8.03. The SMILES string of the molecule is Cc1cccc(C(C)C)c1Nc1nccc(C(=O)N2CCCC2)n1. The molecular formula is C19H24N4O. The van der Waals surface area contributed by atoms with E-state index >= 15 is 0 Å². The molecule has 0 radical (unpaired) electrons. The number of aryl methyl sites for hydroxylation is 1. The predicted molar refractivity (Wildman–Crippen MR) is 95.7 cm³/mol. The summed E-state index contributed by atoms with van der Waals surface area (Å²) in [5.41, 5.74) is 3.84. The second kappa shape index (κ2) is 6.99. The van der Waals surface area contributed by atoms with Crippen molar-refractivity contribution in [3.63, 3.8) is 0 Å². The van der Waals surface area contributed by atoms with Gasteiger partial charge in [0.2, 0.25) is 5.95 Å². The van der Waals surface area contributed by atoms with E-state index in [-0.39, 0.29) is 5.91 Å². The van der Waals surface area contributed by atoms with Gasteiger partial charge in [0.1, 0.15) is 5.69 Å². The van der Waals surface area contributed by atoms with Crippen molar-refractivity contribution < 1.29 is 4.79 Å². The van der Waals surface area contributed by atoms with Crippen LogP contribution in [0.15, 0.2) is 30.5 Å². The summed E-state index contributed by atoms with van der Waals surface area (Å²) >= 11 is 0. The summed E-state index contributed by atoms with van der Waals surface area (Å²) in [4.78, 5) is 23.1. The summed E-state index contributed by atoms with van der Waals surface area (Å²) in [6, 6.07) is 7.92. The monoisotopic (exact) mass is 324 g/mol. The zero-order valence-electron chi connectivity index (χ0n) is 14.5. The molecule has 1 amide bonds. The average Bonchev–Trinajstić information content (AvgIpc) is 3.10. The molecule has 3 rings (SSSR count). The molecule has 1 aromatic heterocycles. The van der Waals surface area contributed by atoms with E-state index in [1.54, 1.807) is 12.3 Å². The minimum Gasteiger partial charge on any atom is -0.337 e. The van der Waals surface area contributed by atoms with Crippen molar-refractivity contribution in [2.45, 2.75) is 39.5 Å². The van der Waals surface area contributed by atoms with Gasteiger partial charge in [0.25, 0.3) is 5.91 Å². The molecule has 24 heavy (non-hydrogen) atoms. The van der Waals surface area contributed by atoms with Crippen LogP contribution in [0.1, 0.15) is 54.2 Å². The van der Waals surface area contributed by atoms with Crippen molar-refractivity contribution in [1.29, 1.82) is 0 Å². The van der Waals surface area contributed by atoms with Crippen LogP contribution in [0.3, 0.4) is 0 Å². The first-order valence-electron chi connectivity index (χ1n) is 8.55. The Morgan fingerprint density at radius 2 is 1.96 bits per heavy atom. The third-order valence-corrected chi connectivity index (χ3v) is 4.43. The van der Waals surface area contributed by atoms with Gasteiger partial charge in [0, 0.05) is 25.0 Å². The molecule has 1 saturated heterocycles. The third-order valence-electron chi connectivity index (χ3n) is 4.43. The lowest BCUT2D eigenvalue weighted by Crippen LogP contribution is -2.28. The zero-order chi connectivity index (χ0) is 17.1. The van der Waals surface area contributed by atoms with E-state index in [0.29, 0.717) is 17.6 Å². The number of carbonyl (C=O) groups is 1. The van der Waals surface area contributed by atoms with Crippen molar-refractivity contribution in [1.82, 2.24) is 14.9 Å². The summed E-state index contributed by atoms with van der Waals surface area (Å²) in [7, 11) is 0. The standard InChI is InChI=1S/C19H24N4O/c1-13(2)15-8-6-7-14(3)17(15)22-19-20-10-9-16(21-19)18(24)23-11-4-5-12-23/h6-10,13H,4-5,11-12H2,1-3H3,(H,20,21,22). The molecular weight excluding hydrogens is 300 g/mol. The lowest BCUT2D eigenvalue weighted by atomic mass is 9.98. The highest BCUT2D eigenvalue weighted by Crippen LogP contribution is 2.29. The average molecular weight is 324 g/mol. The second-order valence-corrected chi connectivity index (χ2v) is 6.58. The Labute approximate surface area is 143 Å². The van der Waals surface area contributed by atoms with Crippen LogP contribution >= 0.6 is 0 Å². The Balaban J connectivity index is 1.87. The second-order valence-electron chi connectivity index (χ2n) is 6.58. The molecule has 0 bridgehead atoms. The summed E-state index contributed by atoms with van der Waals surface area (Å²) < 4.78 is 0. The fourth-order valence-electron chi connectivity index (χ4n) is 3.07. The van der Waals surface area contributed by atoms with Gasteiger partial charge < -0.3 is 10.2 Å². The molecule has 1 aromatic carbocycles. The van der Waals surface area contributed by atoms with E-state index in [4.69, 9.17) is 0 Å². The van der Waals surface area contributed by atoms with Gasteiger partial charge >= 0.3 is 0 Å². The first-order chi connectivity index (χ1) is 11.6. The van der Waals surface area contributed by atoms with Gasteiger partial charge in [-0.25, -0.2) is 9.97 Å². The van der Waals surface area contributed by atoms with Crippen LogP contribution in [0.25, 0.3) is 0 Å². The number of para-hydroxylation sites is 1. The molecule has 126 valence electrons. The molecule has 2 heterocycles. The van der Waals surface area contributed by atoms with E-state index in [1.165, 1.54) is 5.56 Å². The van der Waals surface area contributed by atoms with E-state index in [9.17, 15) is 4.79 Å². The van der Waals surface area contributed by atoms with Crippen molar-refractivity contribution >= 4 is 17.5 Å². The highest BCUT2D eigenvalue weighted by molar-refractivity contribution is 5.92. The first kappa shape index (κ1) is 16.4. The van der Waals surface area contributed by atoms with Gasteiger partial charge in [-0.1, -0.05) is 32.0 Å². The molecule has 1 aliphatic rings. The molecule has 5 nitrogen and oxygen atoms in total. The van der Waals surface area contributed by atoms with Crippen LogP contribution < -0.4 is 5.32 Å². The minimum atomic E-state index is -0.00758. The topological polar surface area (TPSA) is 58.1 Å². The maximum atomic E-state index is 12.5. The number of benzene rings is 1. The fraction of sp³-hybridized carbons (Fsp3) is 0.421. The Bertz CT molecular complexity index is 736. The van der Waals surface area contributed by atoms with E-state index in [1.807, 2.05) is 4.90 Å². The zero-order valence-corrected chi connectivity index (χ0v) is 14.5. The van der Waals surface area contributed by atoms with E-state index in [0.717, 1.165) is 37.2 Å². The van der Waals surface area contributed by atoms with Crippen LogP contribution in [0.2, 0.25) is 0 Å². The molecule has 1 fully saturated rings. The molecule has 0 saturated carbocycles. The van der Waals surface area contributed by atoms with Gasteiger partial charge in [-0.15, -0.1) is 0 Å². The van der Waals surface area contributed by atoms with Gasteiger partial charge in [0.15, 0.2) is 0 Å². The molecule has 2 aromatic rings. The molecule has 5 heteroatoms. The number of hydrogen-bond acceptors (Lipinski definition) is 4. The van der Waals surface area contributed by atoms with Crippen molar-refractivity contribution in [2.75, 3.05) is 18.4 Å². The van der Waals surface area contributed by atoms with Crippen LogP contribution in [-0.2, 0) is 0 Å². The van der Waals surface area contributed by atoms with Crippen molar-refractivity contribution in [3.8, 4) is 0 Å². The molecule has 0 unspecified atom stereocenters. The van der Waals surface area contributed by atoms with Crippen LogP contribution in [-0.4, -0.2) is 33.9 Å². The number of likely N-dealkylation sites (tertiary alicyclic amines) is 1. The normalized spacial score (nSPS) is 14.2. The number of nitrogens with zero attached hydrogens (tertiary/aromatic N) is 3. The summed E-state index contributed by atoms with van der Waals surface area (Å²) in [5, 5.41) is 3.32. The fourth-order valence-corrected chi connectivity index (χ4v) is 3.07. The molecule has 0 spiro atoms. The number of amides is 1. The summed E-state index contributed by atoms with van der Waals surface area (Å²) in [6.07, 6.45) is 3.79. The predicted octanol–water partition coefficient (Wildman–Crippen LogP) is 3.89. The number of nitrogens with one attached hydrogen (secondary N) is 1. The Kier molecular flexibility index (Phi) is 4.79. The Morgan fingerprint density at radius 3 is 2.67 bits per heavy atom. The van der Waals surface area contributed by atoms with Gasteiger partial charge in [-0.3, -0.25) is 4.79 Å². The lowest BCUT2D eigenvalue weighted by molar-refractivity contribution is 0.0787. The highest BCUT2D eigenvalue weighted by atomic mass is 16.2. The van der Waals surface area contributed by atoms with E-state index in [2.05, 4.69) is 54.3 Å². The number of rotatable bonds is 4. The summed E-state index contributed by atoms with van der Waals surface area (Å²) in [5.74, 6) is 0.852. The smallest absolute Gasteiger partial charge is 0.272 e. The van der Waals surface area contributed by atoms with Gasteiger partial charge in [-0.05, 0) is 42.9 Å². The lowest BCUT2D eigenvalue weighted by Gasteiger charge is -2.17. The largest absolute Gasteiger partial charge is 0.337 e. The van der Waals surface area contributed by atoms with Crippen molar-refractivity contribution in [2.24, 2.45) is 0 Å². The number of carbonyl (C=O) groups excluding carboxylic acids is 1. The highest BCUT2D eigenvalue weighted by Gasteiger charge is 2.21. The van der Waals surface area contributed by atoms with E-state index < -0.39 is 0 Å². The first-order valence-corrected chi connectivity index (χ1v) is 8.55. The van der Waals surface area contributed by atoms with Crippen LogP contribution in [0.5, 0.6) is 0 Å². The molecule has 1 N–H and O–H groups in total. The van der Waals surface area contributed by atoms with Gasteiger partial charge in [0.05, 0.1) is 0 Å². The molecule has 0 atom stereocenters. The minimum absolute atomic E-state index is 0.00758. The Morgan fingerprint density at radius 1 is 1.21 bits per heavy atom. The maximum Gasteiger partial charge on any atom is 0.272 e. The van der Waals surface area contributed by atoms with Gasteiger partial charge in [-0.2, -0.15) is 0 Å². The number of anilines is 2. The van der Waals surface area contributed by atoms with Crippen molar-refractivity contribution in [3.05, 3.63) is 47.3 Å².